The fourth-order valence-corrected chi connectivity index (χ4v) is 3.52. The van der Waals surface area contributed by atoms with E-state index in [4.69, 9.17) is 9.47 Å². The number of imide groups is 2. The molecule has 2 N–H and O–H groups in total. The Kier molecular flexibility index (Phi) is 4.77. The lowest BCUT2D eigenvalue weighted by molar-refractivity contribution is -0.385. The number of nitrogens with one attached hydrogen (secondary N) is 1. The van der Waals surface area contributed by atoms with Crippen LogP contribution < -0.4 is 19.7 Å². The molecule has 0 radical (unpaired) electrons. The fraction of sp³-hybridized carbons (Fsp3) is 0.0556. The Labute approximate surface area is 181 Å². The Balaban J connectivity index is 1.78. The molecule has 4 amide bonds. The molecule has 0 aromatic heterocycles. The van der Waals surface area contributed by atoms with E-state index in [1.165, 1.54) is 18.2 Å². The van der Waals surface area contributed by atoms with E-state index >= 15 is 0 Å². The minimum Gasteiger partial charge on any atom is -0.506 e. The SMILES string of the molecule is O=C1NC(=O)N(c2ccc3c(c2)OCO3)C(=O)/C1=C/c1cc([N+](=O)[O-])cc(I)c1O. The van der Waals surface area contributed by atoms with Crippen molar-refractivity contribution in [1.82, 2.24) is 5.32 Å². The van der Waals surface area contributed by atoms with E-state index in [0.717, 1.165) is 18.2 Å². The predicted molar refractivity (Wildman–Crippen MR) is 109 cm³/mol. The third-order valence-corrected chi connectivity index (χ3v) is 5.13. The number of anilines is 1. The summed E-state index contributed by atoms with van der Waals surface area (Å²) in [5, 5.41) is 23.3. The molecule has 0 saturated carbocycles. The number of phenols is 1. The first-order chi connectivity index (χ1) is 14.3. The number of nitro groups is 1. The zero-order chi connectivity index (χ0) is 21.6. The lowest BCUT2D eigenvalue weighted by atomic mass is 10.1. The number of halogens is 1. The minimum absolute atomic E-state index is 0.00668. The highest BCUT2D eigenvalue weighted by Gasteiger charge is 2.37. The van der Waals surface area contributed by atoms with Gasteiger partial charge < -0.3 is 14.6 Å². The van der Waals surface area contributed by atoms with Crippen molar-refractivity contribution in [1.29, 1.82) is 0 Å². The number of urea groups is 1. The molecule has 2 heterocycles. The normalized spacial score (nSPS) is 16.8. The second kappa shape index (κ2) is 7.29. The van der Waals surface area contributed by atoms with Crippen LogP contribution in [0.3, 0.4) is 0 Å². The van der Waals surface area contributed by atoms with Gasteiger partial charge in [-0.2, -0.15) is 0 Å². The van der Waals surface area contributed by atoms with Crippen LogP contribution in [0.25, 0.3) is 6.08 Å². The van der Waals surface area contributed by atoms with E-state index in [0.29, 0.717) is 16.4 Å². The van der Waals surface area contributed by atoms with E-state index in [1.54, 1.807) is 22.6 Å². The summed E-state index contributed by atoms with van der Waals surface area (Å²) in [4.78, 5) is 48.7. The number of rotatable bonds is 3. The average molecular weight is 523 g/mol. The van der Waals surface area contributed by atoms with Crippen molar-refractivity contribution in [2.45, 2.75) is 0 Å². The van der Waals surface area contributed by atoms with Gasteiger partial charge in [-0.1, -0.05) is 0 Å². The highest BCUT2D eigenvalue weighted by molar-refractivity contribution is 14.1. The highest BCUT2D eigenvalue weighted by atomic mass is 127. The van der Waals surface area contributed by atoms with Gasteiger partial charge in [0, 0.05) is 23.8 Å². The molecule has 1 saturated heterocycles. The molecule has 30 heavy (non-hydrogen) atoms. The maximum atomic E-state index is 13.0. The molecule has 2 aliphatic rings. The topological polar surface area (TPSA) is 148 Å². The molecule has 11 nitrogen and oxygen atoms in total. The van der Waals surface area contributed by atoms with Gasteiger partial charge in [0.25, 0.3) is 17.5 Å². The minimum atomic E-state index is -0.997. The van der Waals surface area contributed by atoms with Gasteiger partial charge in [0.05, 0.1) is 14.2 Å². The van der Waals surface area contributed by atoms with E-state index in [-0.39, 0.29) is 33.1 Å². The van der Waals surface area contributed by atoms with Gasteiger partial charge in [0.1, 0.15) is 11.3 Å². The number of aromatic hydroxyl groups is 1. The number of phenolic OH excluding ortho intramolecular Hbond substituents is 1. The second-order valence-corrected chi connectivity index (χ2v) is 7.28. The smallest absolute Gasteiger partial charge is 0.335 e. The molecule has 2 aliphatic heterocycles. The molecule has 0 bridgehead atoms. The third kappa shape index (κ3) is 3.30. The maximum Gasteiger partial charge on any atom is 0.335 e. The van der Waals surface area contributed by atoms with Crippen LogP contribution in [0.2, 0.25) is 0 Å². The molecule has 4 rings (SSSR count). The molecule has 0 spiro atoms. The number of fused-ring (bicyclic) bond motifs is 1. The summed E-state index contributed by atoms with van der Waals surface area (Å²) in [6.45, 7) is -0.00668. The lowest BCUT2D eigenvalue weighted by Gasteiger charge is -2.26. The summed E-state index contributed by atoms with van der Waals surface area (Å²) in [5.41, 5.74) is -0.819. The van der Waals surface area contributed by atoms with Crippen molar-refractivity contribution in [3.63, 3.8) is 0 Å². The Morgan fingerprint density at radius 2 is 1.90 bits per heavy atom. The summed E-state index contributed by atoms with van der Waals surface area (Å²) < 4.78 is 10.6. The molecule has 2 aromatic carbocycles. The van der Waals surface area contributed by atoms with Crippen molar-refractivity contribution in [3.8, 4) is 17.2 Å². The number of carbonyl (C=O) groups excluding carboxylic acids is 3. The van der Waals surface area contributed by atoms with E-state index in [9.17, 15) is 29.6 Å². The summed E-state index contributed by atoms with van der Waals surface area (Å²) in [5.74, 6) is -1.56. The number of nitro benzene ring substituents is 1. The van der Waals surface area contributed by atoms with Crippen LogP contribution in [-0.4, -0.2) is 34.7 Å². The molecular formula is C18H10IN3O8. The number of carbonyl (C=O) groups is 3. The van der Waals surface area contributed by atoms with Crippen LogP contribution in [0.15, 0.2) is 35.9 Å². The maximum absolute atomic E-state index is 13.0. The Hall–Kier alpha value is -3.68. The first-order valence-electron chi connectivity index (χ1n) is 8.24. The van der Waals surface area contributed by atoms with E-state index < -0.39 is 28.3 Å². The van der Waals surface area contributed by atoms with Crippen molar-refractivity contribution >= 4 is 57.9 Å². The Bertz CT molecular complexity index is 1180. The van der Waals surface area contributed by atoms with E-state index in [1.807, 2.05) is 5.32 Å². The first kappa shape index (κ1) is 19.6. The molecule has 2 aromatic rings. The monoisotopic (exact) mass is 523 g/mol. The van der Waals surface area contributed by atoms with Gasteiger partial charge >= 0.3 is 6.03 Å². The van der Waals surface area contributed by atoms with Gasteiger partial charge in [0.2, 0.25) is 6.79 Å². The third-order valence-electron chi connectivity index (χ3n) is 4.30. The van der Waals surface area contributed by atoms with Crippen LogP contribution in [0.5, 0.6) is 17.2 Å². The number of amides is 4. The first-order valence-corrected chi connectivity index (χ1v) is 9.32. The van der Waals surface area contributed by atoms with E-state index in [2.05, 4.69) is 0 Å². The summed E-state index contributed by atoms with van der Waals surface area (Å²) in [6, 6.07) is 5.54. The van der Waals surface area contributed by atoms with Gasteiger partial charge in [-0.15, -0.1) is 0 Å². The molecule has 0 atom stereocenters. The van der Waals surface area contributed by atoms with Crippen LogP contribution in [0, 0.1) is 13.7 Å². The molecule has 152 valence electrons. The molecule has 1 fully saturated rings. The van der Waals surface area contributed by atoms with Crippen LogP contribution in [-0.2, 0) is 9.59 Å². The van der Waals surface area contributed by atoms with Crippen molar-refractivity contribution < 1.29 is 33.9 Å². The predicted octanol–water partition coefficient (Wildman–Crippen LogP) is 2.30. The van der Waals surface area contributed by atoms with Gasteiger partial charge in [0.15, 0.2) is 11.5 Å². The number of ether oxygens (including phenoxy) is 2. The zero-order valence-corrected chi connectivity index (χ0v) is 16.9. The number of benzene rings is 2. The largest absolute Gasteiger partial charge is 0.506 e. The Morgan fingerprint density at radius 1 is 1.17 bits per heavy atom. The number of hydrogen-bond acceptors (Lipinski definition) is 8. The molecule has 12 heteroatoms. The fourth-order valence-electron chi connectivity index (χ4n) is 2.89. The lowest BCUT2D eigenvalue weighted by Crippen LogP contribution is -2.54. The van der Waals surface area contributed by atoms with Gasteiger partial charge in [-0.05, 0) is 40.8 Å². The van der Waals surface area contributed by atoms with Crippen LogP contribution >= 0.6 is 22.6 Å². The van der Waals surface area contributed by atoms with Crippen molar-refractivity contribution in [2.24, 2.45) is 0 Å². The van der Waals surface area contributed by atoms with Crippen molar-refractivity contribution in [3.05, 3.63) is 55.2 Å². The van der Waals surface area contributed by atoms with Crippen LogP contribution in [0.1, 0.15) is 5.56 Å². The highest BCUT2D eigenvalue weighted by Crippen LogP contribution is 2.37. The quantitative estimate of drug-likeness (QED) is 0.205. The summed E-state index contributed by atoms with van der Waals surface area (Å²) in [7, 11) is 0. The number of non-ortho nitro benzene ring substituents is 1. The second-order valence-electron chi connectivity index (χ2n) is 6.12. The number of hydrogen-bond donors (Lipinski definition) is 2. The number of barbiturate groups is 1. The van der Waals surface area contributed by atoms with Gasteiger partial charge in [-0.25, -0.2) is 9.69 Å². The van der Waals surface area contributed by atoms with Gasteiger partial charge in [-0.3, -0.25) is 25.0 Å². The zero-order valence-electron chi connectivity index (χ0n) is 14.7. The standard InChI is InChI=1S/C18H10IN3O8/c19-12-5-10(22(27)28)3-8(15(12)23)4-11-16(24)20-18(26)21(17(11)25)9-1-2-13-14(6-9)30-7-29-13/h1-6,23H,7H2,(H,20,24,26)/b11-4+. The van der Waals surface area contributed by atoms with Crippen molar-refractivity contribution in [2.75, 3.05) is 11.7 Å². The summed E-state index contributed by atoms with van der Waals surface area (Å²) >= 11 is 1.69. The number of nitrogens with zero attached hydrogens (tertiary/aromatic N) is 2. The summed E-state index contributed by atoms with van der Waals surface area (Å²) in [6.07, 6.45) is 0.995. The van der Waals surface area contributed by atoms with Crippen LogP contribution in [0.4, 0.5) is 16.2 Å². The average Bonchev–Trinajstić information content (AvgIpc) is 3.15. The molecular weight excluding hydrogens is 513 g/mol. The molecule has 0 unspecified atom stereocenters. The Morgan fingerprint density at radius 3 is 2.63 bits per heavy atom. The molecule has 0 aliphatic carbocycles.